The fourth-order valence-electron chi connectivity index (χ4n) is 4.09. The fourth-order valence-corrected chi connectivity index (χ4v) is 4.09. The van der Waals surface area contributed by atoms with Crippen molar-refractivity contribution in [2.24, 2.45) is 0 Å². The lowest BCUT2D eigenvalue weighted by Crippen LogP contribution is -2.60. The Hall–Kier alpha value is -3.27. The molecular formula is C23H21F7N4O4. The van der Waals surface area contributed by atoms with Gasteiger partial charge in [0.1, 0.15) is 11.6 Å². The molecule has 2 aromatic carbocycles. The number of hydrogen-bond acceptors (Lipinski definition) is 6. The summed E-state index contributed by atoms with van der Waals surface area (Å²) in [6.45, 7) is -0.436. The second-order valence-corrected chi connectivity index (χ2v) is 8.52. The summed E-state index contributed by atoms with van der Waals surface area (Å²) >= 11 is 0. The van der Waals surface area contributed by atoms with E-state index in [1.807, 2.05) is 0 Å². The van der Waals surface area contributed by atoms with Crippen LogP contribution in [0.2, 0.25) is 0 Å². The first-order valence-electron chi connectivity index (χ1n) is 11.2. The van der Waals surface area contributed by atoms with Gasteiger partial charge in [-0.2, -0.15) is 31.4 Å². The third-order valence-corrected chi connectivity index (χ3v) is 5.91. The van der Waals surface area contributed by atoms with Gasteiger partial charge in [0.05, 0.1) is 30.9 Å². The largest absolute Gasteiger partial charge is 0.416 e. The van der Waals surface area contributed by atoms with E-state index in [9.17, 15) is 40.6 Å². The Kier molecular flexibility index (Phi) is 7.65. The van der Waals surface area contributed by atoms with Crippen LogP contribution in [0.15, 0.2) is 47.3 Å². The third-order valence-electron chi connectivity index (χ3n) is 5.91. The Morgan fingerprint density at radius 3 is 2.26 bits per heavy atom. The van der Waals surface area contributed by atoms with Crippen molar-refractivity contribution < 1.29 is 45.3 Å². The van der Waals surface area contributed by atoms with Crippen molar-refractivity contribution in [1.29, 1.82) is 0 Å². The van der Waals surface area contributed by atoms with E-state index >= 15 is 0 Å². The Labute approximate surface area is 210 Å². The molecule has 15 heteroatoms. The zero-order valence-corrected chi connectivity index (χ0v) is 19.4. The van der Waals surface area contributed by atoms with Gasteiger partial charge in [-0.15, -0.1) is 0 Å². The standard InChI is InChI=1S/C23H21F7N4O4/c24-17-3-1-14(2-4-17)21(36)19(38-8-6-34(21)12-18-31-20(35)33-32-18)37-7-5-13-9-15(22(25,26)27)11-16(10-13)23(28,29)30/h1-4,9-11,19,36H,5-8,12H2,(H2,31,32,33,35)/t19-,21-/m1/s1. The molecule has 0 bridgehead atoms. The number of halogens is 7. The normalized spacial score (nSPS) is 21.1. The van der Waals surface area contributed by atoms with Crippen LogP contribution in [-0.4, -0.2) is 51.2 Å². The van der Waals surface area contributed by atoms with Crippen LogP contribution in [-0.2, 0) is 40.5 Å². The van der Waals surface area contributed by atoms with Crippen molar-refractivity contribution >= 4 is 0 Å². The van der Waals surface area contributed by atoms with Gasteiger partial charge in [-0.3, -0.25) is 9.88 Å². The maximum absolute atomic E-state index is 13.6. The Morgan fingerprint density at radius 2 is 1.71 bits per heavy atom. The molecule has 2 atom stereocenters. The van der Waals surface area contributed by atoms with E-state index in [2.05, 4.69) is 15.2 Å². The van der Waals surface area contributed by atoms with E-state index in [0.717, 1.165) is 12.1 Å². The molecule has 0 spiro atoms. The molecule has 0 radical (unpaired) electrons. The molecule has 1 aromatic heterocycles. The molecule has 2 heterocycles. The second-order valence-electron chi connectivity index (χ2n) is 8.52. The zero-order chi connectivity index (χ0) is 27.7. The summed E-state index contributed by atoms with van der Waals surface area (Å²) in [7, 11) is 0. The highest BCUT2D eigenvalue weighted by Crippen LogP contribution is 2.38. The lowest BCUT2D eigenvalue weighted by molar-refractivity contribution is -0.327. The van der Waals surface area contributed by atoms with Gasteiger partial charge in [0.2, 0.25) is 6.29 Å². The van der Waals surface area contributed by atoms with Gasteiger partial charge in [0, 0.05) is 12.1 Å². The van der Waals surface area contributed by atoms with E-state index in [4.69, 9.17) is 9.47 Å². The maximum Gasteiger partial charge on any atom is 0.416 e. The quantitative estimate of drug-likeness (QED) is 0.389. The molecule has 1 aliphatic heterocycles. The molecule has 0 unspecified atom stereocenters. The van der Waals surface area contributed by atoms with Gasteiger partial charge in [-0.25, -0.2) is 14.3 Å². The lowest BCUT2D eigenvalue weighted by Gasteiger charge is -2.47. The number of nitrogens with one attached hydrogen (secondary N) is 2. The highest BCUT2D eigenvalue weighted by atomic mass is 19.4. The SMILES string of the molecule is O=c1[nH]nc(CN2CCO[C@@H](OCCc3cc(C(F)(F)F)cc(C(F)(F)F)c3)[C@]2(O)c2ccc(F)cc2)[nH]1. The van der Waals surface area contributed by atoms with Gasteiger partial charge in [-0.05, 0) is 42.3 Å². The minimum atomic E-state index is -5.00. The van der Waals surface area contributed by atoms with Crippen LogP contribution in [0.4, 0.5) is 30.7 Å². The summed E-state index contributed by atoms with van der Waals surface area (Å²) in [5.41, 5.74) is -5.77. The van der Waals surface area contributed by atoms with E-state index < -0.39 is 53.6 Å². The number of aromatic amines is 2. The van der Waals surface area contributed by atoms with E-state index in [0.29, 0.717) is 12.1 Å². The summed E-state index contributed by atoms with van der Waals surface area (Å²) in [6, 6.07) is 5.90. The Bertz CT molecular complexity index is 1270. The molecule has 206 valence electrons. The topological polar surface area (TPSA) is 103 Å². The highest BCUT2D eigenvalue weighted by Gasteiger charge is 2.49. The average molecular weight is 550 g/mol. The minimum absolute atomic E-state index is 0.00457. The molecular weight excluding hydrogens is 529 g/mol. The third kappa shape index (κ3) is 6.06. The number of hydrogen-bond donors (Lipinski definition) is 3. The van der Waals surface area contributed by atoms with Gasteiger partial charge < -0.3 is 14.6 Å². The molecule has 1 fully saturated rings. The van der Waals surface area contributed by atoms with Crippen molar-refractivity contribution in [3.05, 3.63) is 86.8 Å². The molecule has 4 rings (SSSR count). The van der Waals surface area contributed by atoms with Crippen molar-refractivity contribution in [3.8, 4) is 0 Å². The number of aromatic nitrogens is 3. The fraction of sp³-hybridized carbons (Fsp3) is 0.391. The predicted octanol–water partition coefficient (Wildman–Crippen LogP) is 3.54. The monoisotopic (exact) mass is 550 g/mol. The van der Waals surface area contributed by atoms with Crippen LogP contribution < -0.4 is 5.69 Å². The van der Waals surface area contributed by atoms with Crippen molar-refractivity contribution in [2.75, 3.05) is 19.8 Å². The molecule has 0 saturated carbocycles. The molecule has 0 amide bonds. The highest BCUT2D eigenvalue weighted by molar-refractivity contribution is 5.34. The van der Waals surface area contributed by atoms with E-state index in [1.165, 1.54) is 17.0 Å². The van der Waals surface area contributed by atoms with E-state index in [1.54, 1.807) is 0 Å². The molecule has 8 nitrogen and oxygen atoms in total. The summed E-state index contributed by atoms with van der Waals surface area (Å²) < 4.78 is 104. The molecule has 3 N–H and O–H groups in total. The van der Waals surface area contributed by atoms with Crippen LogP contribution in [0.3, 0.4) is 0 Å². The summed E-state index contributed by atoms with van der Waals surface area (Å²) in [6.07, 6.45) is -11.9. The summed E-state index contributed by atoms with van der Waals surface area (Å²) in [5, 5.41) is 17.7. The minimum Gasteiger partial charge on any atom is -0.367 e. The summed E-state index contributed by atoms with van der Waals surface area (Å²) in [5.74, 6) is -0.445. The zero-order valence-electron chi connectivity index (χ0n) is 19.4. The first-order chi connectivity index (χ1) is 17.8. The lowest BCUT2D eigenvalue weighted by atomic mass is 9.98. The number of H-pyrrole nitrogens is 2. The summed E-state index contributed by atoms with van der Waals surface area (Å²) in [4.78, 5) is 15.3. The first kappa shape index (κ1) is 27.8. The number of nitrogens with zero attached hydrogens (tertiary/aromatic N) is 2. The van der Waals surface area contributed by atoms with Crippen LogP contribution >= 0.6 is 0 Å². The molecule has 1 saturated heterocycles. The van der Waals surface area contributed by atoms with Crippen LogP contribution in [0.5, 0.6) is 0 Å². The van der Waals surface area contributed by atoms with Crippen molar-refractivity contribution in [2.45, 2.75) is 37.3 Å². The predicted molar refractivity (Wildman–Crippen MR) is 116 cm³/mol. The number of morpholine rings is 1. The van der Waals surface area contributed by atoms with Crippen molar-refractivity contribution in [3.63, 3.8) is 0 Å². The van der Waals surface area contributed by atoms with Gasteiger partial charge in [-0.1, -0.05) is 12.1 Å². The van der Waals surface area contributed by atoms with E-state index in [-0.39, 0.29) is 49.1 Å². The van der Waals surface area contributed by atoms with Gasteiger partial charge >= 0.3 is 18.0 Å². The number of ether oxygens (including phenoxy) is 2. The first-order valence-corrected chi connectivity index (χ1v) is 11.2. The molecule has 1 aliphatic rings. The Morgan fingerprint density at radius 1 is 1.08 bits per heavy atom. The average Bonchev–Trinajstić information content (AvgIpc) is 3.25. The number of alkyl halides is 6. The van der Waals surface area contributed by atoms with Crippen LogP contribution in [0, 0.1) is 5.82 Å². The van der Waals surface area contributed by atoms with Gasteiger partial charge in [0.15, 0.2) is 5.72 Å². The Balaban J connectivity index is 1.58. The molecule has 0 aliphatic carbocycles. The maximum atomic E-state index is 13.6. The second kappa shape index (κ2) is 10.5. The molecule has 38 heavy (non-hydrogen) atoms. The van der Waals surface area contributed by atoms with Crippen LogP contribution in [0.25, 0.3) is 0 Å². The van der Waals surface area contributed by atoms with Crippen molar-refractivity contribution in [1.82, 2.24) is 20.1 Å². The number of aliphatic hydroxyl groups is 1. The number of benzene rings is 2. The van der Waals surface area contributed by atoms with Gasteiger partial charge in [0.25, 0.3) is 0 Å². The van der Waals surface area contributed by atoms with Crippen LogP contribution in [0.1, 0.15) is 28.1 Å². The molecule has 3 aromatic rings. The number of rotatable bonds is 7. The smallest absolute Gasteiger partial charge is 0.367 e.